The maximum atomic E-state index is 12.6. The van der Waals surface area contributed by atoms with Gasteiger partial charge in [-0.05, 0) is 19.1 Å². The van der Waals surface area contributed by atoms with Crippen LogP contribution in [0.2, 0.25) is 0 Å². The number of hydrogen-bond acceptors (Lipinski definition) is 5. The van der Waals surface area contributed by atoms with Gasteiger partial charge in [0.15, 0.2) is 5.65 Å². The quantitative estimate of drug-likeness (QED) is 0.879. The highest BCUT2D eigenvalue weighted by Crippen LogP contribution is 2.17. The number of nitrogens with zero attached hydrogens (tertiary/aromatic N) is 4. The third kappa shape index (κ3) is 2.53. The Morgan fingerprint density at radius 1 is 1.39 bits per heavy atom. The van der Waals surface area contributed by atoms with Crippen molar-refractivity contribution in [3.63, 3.8) is 0 Å². The molecule has 0 saturated heterocycles. The van der Waals surface area contributed by atoms with Gasteiger partial charge >= 0.3 is 0 Å². The number of anilines is 1. The first-order valence-corrected chi connectivity index (χ1v) is 5.39. The number of aromatic nitrogens is 4. The molecule has 2 aromatic heterocycles. The maximum absolute atomic E-state index is 12.6. The van der Waals surface area contributed by atoms with Crippen LogP contribution in [0.5, 0.6) is 0 Å². The third-order valence-corrected chi connectivity index (χ3v) is 2.46. The van der Waals surface area contributed by atoms with Crippen LogP contribution in [0.15, 0.2) is 12.1 Å². The Kier molecular flexibility index (Phi) is 3.66. The molecule has 2 aromatic rings. The average Bonchev–Trinajstić information content (AvgIpc) is 2.78. The van der Waals surface area contributed by atoms with Crippen molar-refractivity contribution in [3.8, 4) is 0 Å². The van der Waals surface area contributed by atoms with Crippen LogP contribution in [-0.2, 0) is 4.74 Å². The molecule has 98 valence electrons. The number of ether oxygens (including phenoxy) is 1. The van der Waals surface area contributed by atoms with E-state index in [2.05, 4.69) is 20.6 Å². The van der Waals surface area contributed by atoms with E-state index in [1.54, 1.807) is 19.2 Å². The zero-order valence-electron chi connectivity index (χ0n) is 9.97. The summed E-state index contributed by atoms with van der Waals surface area (Å²) in [5.74, 6) is 0.00143. The van der Waals surface area contributed by atoms with Gasteiger partial charge in [-0.2, -0.15) is 4.52 Å². The van der Waals surface area contributed by atoms with Gasteiger partial charge in [0, 0.05) is 13.7 Å². The molecule has 1 N–H and O–H groups in total. The molecule has 1 atom stereocenters. The van der Waals surface area contributed by atoms with E-state index < -0.39 is 12.2 Å². The van der Waals surface area contributed by atoms with Gasteiger partial charge in [0.25, 0.3) is 6.43 Å². The minimum Gasteiger partial charge on any atom is -0.380 e. The maximum Gasteiger partial charge on any atom is 0.299 e. The second kappa shape index (κ2) is 5.21. The minimum atomic E-state index is -2.71. The number of halogens is 2. The normalized spacial score (nSPS) is 13.2. The molecule has 0 fully saturated rings. The SMILES string of the molecule is COC(C)CNc1ccc2nnc(C(F)F)n2n1. The fraction of sp³-hybridized carbons (Fsp3) is 0.500. The molecular weight excluding hydrogens is 244 g/mol. The van der Waals surface area contributed by atoms with Crippen molar-refractivity contribution in [2.45, 2.75) is 19.5 Å². The molecule has 0 amide bonds. The van der Waals surface area contributed by atoms with E-state index in [0.717, 1.165) is 4.52 Å². The van der Waals surface area contributed by atoms with Gasteiger partial charge in [0.2, 0.25) is 5.82 Å². The number of fused-ring (bicyclic) bond motifs is 1. The molecule has 1 unspecified atom stereocenters. The van der Waals surface area contributed by atoms with E-state index in [1.165, 1.54) is 0 Å². The summed E-state index contributed by atoms with van der Waals surface area (Å²) in [6, 6.07) is 3.23. The molecule has 2 rings (SSSR count). The second-order valence-electron chi connectivity index (χ2n) is 3.77. The highest BCUT2D eigenvalue weighted by Gasteiger charge is 2.16. The van der Waals surface area contributed by atoms with Crippen molar-refractivity contribution in [1.29, 1.82) is 0 Å². The van der Waals surface area contributed by atoms with E-state index in [0.29, 0.717) is 12.4 Å². The smallest absolute Gasteiger partial charge is 0.299 e. The lowest BCUT2D eigenvalue weighted by Crippen LogP contribution is -2.19. The summed E-state index contributed by atoms with van der Waals surface area (Å²) in [4.78, 5) is 0. The molecule has 0 spiro atoms. The summed E-state index contributed by atoms with van der Waals surface area (Å²) in [7, 11) is 1.59. The third-order valence-electron chi connectivity index (χ3n) is 2.46. The summed E-state index contributed by atoms with van der Waals surface area (Å²) in [5.41, 5.74) is 0.288. The predicted molar refractivity (Wildman–Crippen MR) is 60.7 cm³/mol. The van der Waals surface area contributed by atoms with Gasteiger partial charge in [0.1, 0.15) is 5.82 Å². The van der Waals surface area contributed by atoms with E-state index in [1.807, 2.05) is 6.92 Å². The predicted octanol–water partition coefficient (Wildman–Crippen LogP) is 1.51. The number of nitrogens with one attached hydrogen (secondary N) is 1. The van der Waals surface area contributed by atoms with Crippen molar-refractivity contribution >= 4 is 11.5 Å². The first kappa shape index (κ1) is 12.6. The van der Waals surface area contributed by atoms with Crippen LogP contribution < -0.4 is 5.32 Å². The summed E-state index contributed by atoms with van der Waals surface area (Å²) in [5, 5.41) is 14.0. The minimum absolute atomic E-state index is 0.00187. The molecular formula is C10H13F2N5O. The fourth-order valence-electron chi connectivity index (χ4n) is 1.37. The molecule has 0 aliphatic rings. The monoisotopic (exact) mass is 257 g/mol. The molecule has 0 aromatic carbocycles. The summed E-state index contributed by atoms with van der Waals surface area (Å²) >= 11 is 0. The first-order chi connectivity index (χ1) is 8.61. The summed E-state index contributed by atoms with van der Waals surface area (Å²) in [6.45, 7) is 2.41. The van der Waals surface area contributed by atoms with E-state index in [4.69, 9.17) is 4.74 Å². The number of hydrogen-bond donors (Lipinski definition) is 1. The Morgan fingerprint density at radius 3 is 2.83 bits per heavy atom. The highest BCUT2D eigenvalue weighted by molar-refractivity contribution is 5.44. The lowest BCUT2D eigenvalue weighted by Gasteiger charge is -2.11. The van der Waals surface area contributed by atoms with Gasteiger partial charge in [0.05, 0.1) is 6.10 Å². The standard InChI is InChI=1S/C10H13F2N5O/c1-6(18-2)5-13-7-3-4-8-14-15-10(9(11)12)17(8)16-7/h3-4,6,9H,5H2,1-2H3,(H,13,16). The van der Waals surface area contributed by atoms with Crippen molar-refractivity contribution in [1.82, 2.24) is 19.8 Å². The fourth-order valence-corrected chi connectivity index (χ4v) is 1.37. The molecule has 0 aliphatic heterocycles. The molecule has 0 aliphatic carbocycles. The van der Waals surface area contributed by atoms with Gasteiger partial charge in [-0.1, -0.05) is 0 Å². The Labute approximate surface area is 102 Å². The molecule has 0 saturated carbocycles. The van der Waals surface area contributed by atoms with Gasteiger partial charge < -0.3 is 10.1 Å². The van der Waals surface area contributed by atoms with Crippen molar-refractivity contribution in [2.24, 2.45) is 0 Å². The average molecular weight is 257 g/mol. The van der Waals surface area contributed by atoms with Crippen LogP contribution >= 0.6 is 0 Å². The molecule has 2 heterocycles. The molecule has 0 bridgehead atoms. The summed E-state index contributed by atoms with van der Waals surface area (Å²) in [6.07, 6.45) is -2.71. The Balaban J connectivity index is 2.22. The second-order valence-corrected chi connectivity index (χ2v) is 3.77. The van der Waals surface area contributed by atoms with Crippen LogP contribution in [-0.4, -0.2) is 39.6 Å². The van der Waals surface area contributed by atoms with Gasteiger partial charge in [-0.15, -0.1) is 15.3 Å². The van der Waals surface area contributed by atoms with Crippen LogP contribution in [0.3, 0.4) is 0 Å². The van der Waals surface area contributed by atoms with Crippen molar-refractivity contribution < 1.29 is 13.5 Å². The lowest BCUT2D eigenvalue weighted by atomic mass is 10.4. The molecule has 8 heteroatoms. The zero-order valence-corrected chi connectivity index (χ0v) is 9.97. The van der Waals surface area contributed by atoms with Crippen LogP contribution in [0.25, 0.3) is 5.65 Å². The van der Waals surface area contributed by atoms with Crippen molar-refractivity contribution in [2.75, 3.05) is 19.0 Å². The lowest BCUT2D eigenvalue weighted by molar-refractivity contribution is 0.128. The van der Waals surface area contributed by atoms with Crippen LogP contribution in [0.4, 0.5) is 14.6 Å². The van der Waals surface area contributed by atoms with Gasteiger partial charge in [-0.25, -0.2) is 8.78 Å². The van der Waals surface area contributed by atoms with Crippen LogP contribution in [0.1, 0.15) is 19.2 Å². The number of methoxy groups -OCH3 is 1. The zero-order chi connectivity index (χ0) is 13.1. The first-order valence-electron chi connectivity index (χ1n) is 5.39. The largest absolute Gasteiger partial charge is 0.380 e. The molecule has 18 heavy (non-hydrogen) atoms. The highest BCUT2D eigenvalue weighted by atomic mass is 19.3. The van der Waals surface area contributed by atoms with E-state index >= 15 is 0 Å². The summed E-state index contributed by atoms with van der Waals surface area (Å²) < 4.78 is 31.4. The number of rotatable bonds is 5. The topological polar surface area (TPSA) is 64.3 Å². The number of alkyl halides is 2. The Bertz CT molecular complexity index is 530. The Morgan fingerprint density at radius 2 is 2.17 bits per heavy atom. The molecule has 0 radical (unpaired) electrons. The van der Waals surface area contributed by atoms with E-state index in [9.17, 15) is 8.78 Å². The van der Waals surface area contributed by atoms with E-state index in [-0.39, 0.29) is 11.8 Å². The van der Waals surface area contributed by atoms with Gasteiger partial charge in [-0.3, -0.25) is 0 Å². The molecule has 6 nitrogen and oxygen atoms in total. The van der Waals surface area contributed by atoms with Crippen LogP contribution in [0, 0.1) is 0 Å². The Hall–Kier alpha value is -1.83. The van der Waals surface area contributed by atoms with Crippen molar-refractivity contribution in [3.05, 3.63) is 18.0 Å².